The topological polar surface area (TPSA) is 80.7 Å². The third kappa shape index (κ3) is 2.87. The van der Waals surface area contributed by atoms with Gasteiger partial charge >= 0.3 is 0 Å². The van der Waals surface area contributed by atoms with Crippen molar-refractivity contribution in [3.05, 3.63) is 48.3 Å². The summed E-state index contributed by atoms with van der Waals surface area (Å²) in [5.74, 6) is 0.104. The van der Waals surface area contributed by atoms with E-state index >= 15 is 0 Å². The molecular weight excluding hydrogens is 294 g/mol. The van der Waals surface area contributed by atoms with E-state index in [2.05, 4.69) is 0 Å². The molecule has 0 spiro atoms. The van der Waals surface area contributed by atoms with E-state index in [0.29, 0.717) is 24.3 Å². The van der Waals surface area contributed by atoms with Gasteiger partial charge in [-0.1, -0.05) is 0 Å². The van der Waals surface area contributed by atoms with Gasteiger partial charge in [0.25, 0.3) is 5.91 Å². The number of likely N-dealkylation sites (tertiary alicyclic amines) is 1. The highest BCUT2D eigenvalue weighted by Crippen LogP contribution is 2.22. The van der Waals surface area contributed by atoms with E-state index in [4.69, 9.17) is 8.83 Å². The maximum absolute atomic E-state index is 12.3. The van der Waals surface area contributed by atoms with Gasteiger partial charge in [0.1, 0.15) is 17.8 Å². The number of carbonyl (C=O) groups is 1. The molecule has 0 radical (unpaired) electrons. The van der Waals surface area contributed by atoms with Gasteiger partial charge in [0.2, 0.25) is 0 Å². The minimum absolute atomic E-state index is 0.127. The molecule has 0 bridgehead atoms. The molecule has 0 aromatic carbocycles. The van der Waals surface area contributed by atoms with Gasteiger partial charge in [-0.2, -0.15) is 0 Å². The zero-order valence-electron chi connectivity index (χ0n) is 11.3. The summed E-state index contributed by atoms with van der Waals surface area (Å²) in [4.78, 5) is 13.7. The maximum Gasteiger partial charge on any atom is 0.257 e. The van der Waals surface area contributed by atoms with Gasteiger partial charge < -0.3 is 13.7 Å². The SMILES string of the molecule is O=C(c1ccoc1)N1CC[C@H](S(=O)(=O)Cc2ccco2)C1. The summed E-state index contributed by atoms with van der Waals surface area (Å²) in [6.07, 6.45) is 4.70. The van der Waals surface area contributed by atoms with E-state index in [1.54, 1.807) is 23.1 Å². The summed E-state index contributed by atoms with van der Waals surface area (Å²) in [6, 6.07) is 4.88. The highest BCUT2D eigenvalue weighted by atomic mass is 32.2. The van der Waals surface area contributed by atoms with Crippen LogP contribution in [0.3, 0.4) is 0 Å². The Morgan fingerprint density at radius 2 is 2.19 bits per heavy atom. The third-order valence-corrected chi connectivity index (χ3v) is 5.72. The first-order chi connectivity index (χ1) is 10.1. The number of sulfone groups is 1. The van der Waals surface area contributed by atoms with Crippen molar-refractivity contribution in [1.82, 2.24) is 4.90 Å². The molecule has 1 saturated heterocycles. The normalized spacial score (nSPS) is 19.0. The lowest BCUT2D eigenvalue weighted by Gasteiger charge is -2.15. The van der Waals surface area contributed by atoms with Crippen LogP contribution in [0, 0.1) is 0 Å². The lowest BCUT2D eigenvalue weighted by Crippen LogP contribution is -2.32. The molecular formula is C14H15NO5S. The van der Waals surface area contributed by atoms with Crippen molar-refractivity contribution >= 4 is 15.7 Å². The van der Waals surface area contributed by atoms with Crippen molar-refractivity contribution in [2.75, 3.05) is 13.1 Å². The van der Waals surface area contributed by atoms with Gasteiger partial charge in [-0.05, 0) is 24.6 Å². The Kier molecular flexibility index (Phi) is 3.59. The summed E-state index contributed by atoms with van der Waals surface area (Å²) >= 11 is 0. The Hall–Kier alpha value is -2.02. The summed E-state index contributed by atoms with van der Waals surface area (Å²) in [5, 5.41) is -0.543. The van der Waals surface area contributed by atoms with Gasteiger partial charge in [0.15, 0.2) is 9.84 Å². The Bertz CT molecular complexity index is 703. The van der Waals surface area contributed by atoms with Crippen molar-refractivity contribution in [3.63, 3.8) is 0 Å². The third-order valence-electron chi connectivity index (χ3n) is 3.63. The summed E-state index contributed by atoms with van der Waals surface area (Å²) in [6.45, 7) is 0.652. The quantitative estimate of drug-likeness (QED) is 0.858. The Morgan fingerprint density at radius 3 is 2.86 bits per heavy atom. The smallest absolute Gasteiger partial charge is 0.257 e. The average molecular weight is 309 g/mol. The average Bonchev–Trinajstić information content (AvgIpc) is 3.19. The predicted molar refractivity (Wildman–Crippen MR) is 74.3 cm³/mol. The second-order valence-corrected chi connectivity index (χ2v) is 7.34. The van der Waals surface area contributed by atoms with Crippen molar-refractivity contribution in [3.8, 4) is 0 Å². The largest absolute Gasteiger partial charge is 0.472 e. The van der Waals surface area contributed by atoms with Crippen molar-refractivity contribution in [2.45, 2.75) is 17.4 Å². The first kappa shape index (κ1) is 13.9. The molecule has 6 nitrogen and oxygen atoms in total. The molecule has 0 saturated carbocycles. The standard InChI is InChI=1S/C14H15NO5S/c16-14(11-4-7-19-9-11)15-5-3-13(8-15)21(17,18)10-12-2-1-6-20-12/h1-2,4,6-7,9,13H,3,5,8,10H2/t13-/m0/s1. The van der Waals surface area contributed by atoms with E-state index in [1.165, 1.54) is 18.8 Å². The summed E-state index contributed by atoms with van der Waals surface area (Å²) in [7, 11) is -3.33. The molecule has 2 aromatic rings. The first-order valence-corrected chi connectivity index (χ1v) is 8.33. The van der Waals surface area contributed by atoms with Crippen LogP contribution in [-0.4, -0.2) is 37.6 Å². The molecule has 1 atom stereocenters. The molecule has 2 aromatic heterocycles. The number of carbonyl (C=O) groups excluding carboxylic acids is 1. The minimum atomic E-state index is -3.33. The molecule has 1 aliphatic heterocycles. The van der Waals surface area contributed by atoms with Crippen LogP contribution in [0.2, 0.25) is 0 Å². The maximum atomic E-state index is 12.3. The van der Waals surface area contributed by atoms with Crippen LogP contribution in [-0.2, 0) is 15.6 Å². The van der Waals surface area contributed by atoms with Crippen LogP contribution in [0.1, 0.15) is 22.5 Å². The van der Waals surface area contributed by atoms with E-state index in [1.807, 2.05) is 0 Å². The van der Waals surface area contributed by atoms with Gasteiger partial charge in [0, 0.05) is 13.1 Å². The fraction of sp³-hybridized carbons (Fsp3) is 0.357. The Balaban J connectivity index is 1.68. The van der Waals surface area contributed by atoms with Gasteiger partial charge in [-0.25, -0.2) is 8.42 Å². The lowest BCUT2D eigenvalue weighted by atomic mass is 10.3. The van der Waals surface area contributed by atoms with Crippen LogP contribution in [0.25, 0.3) is 0 Å². The molecule has 7 heteroatoms. The van der Waals surface area contributed by atoms with Crippen LogP contribution in [0.15, 0.2) is 45.8 Å². The summed E-state index contributed by atoms with van der Waals surface area (Å²) in [5.41, 5.74) is 0.444. The highest BCUT2D eigenvalue weighted by Gasteiger charge is 2.36. The lowest BCUT2D eigenvalue weighted by molar-refractivity contribution is 0.0792. The van der Waals surface area contributed by atoms with Crippen LogP contribution < -0.4 is 0 Å². The first-order valence-electron chi connectivity index (χ1n) is 6.62. The van der Waals surface area contributed by atoms with Crippen molar-refractivity contribution < 1.29 is 22.0 Å². The Labute approximate surface area is 122 Å². The number of hydrogen-bond donors (Lipinski definition) is 0. The zero-order valence-corrected chi connectivity index (χ0v) is 12.1. The molecule has 1 aliphatic rings. The highest BCUT2D eigenvalue weighted by molar-refractivity contribution is 7.91. The fourth-order valence-electron chi connectivity index (χ4n) is 2.49. The van der Waals surface area contributed by atoms with Gasteiger partial charge in [0.05, 0.1) is 23.3 Å². The van der Waals surface area contributed by atoms with E-state index < -0.39 is 15.1 Å². The molecule has 112 valence electrons. The minimum Gasteiger partial charge on any atom is -0.472 e. The monoisotopic (exact) mass is 309 g/mol. The fourth-order valence-corrected chi connectivity index (χ4v) is 4.15. The molecule has 1 amide bonds. The molecule has 1 fully saturated rings. The zero-order chi connectivity index (χ0) is 14.9. The van der Waals surface area contributed by atoms with Crippen molar-refractivity contribution in [2.24, 2.45) is 0 Å². The Morgan fingerprint density at radius 1 is 1.33 bits per heavy atom. The number of rotatable bonds is 4. The van der Waals surface area contributed by atoms with Crippen LogP contribution >= 0.6 is 0 Å². The molecule has 0 N–H and O–H groups in total. The number of hydrogen-bond acceptors (Lipinski definition) is 5. The van der Waals surface area contributed by atoms with Gasteiger partial charge in [-0.15, -0.1) is 0 Å². The van der Waals surface area contributed by atoms with Gasteiger partial charge in [-0.3, -0.25) is 4.79 Å². The molecule has 3 heterocycles. The number of furan rings is 2. The number of nitrogens with zero attached hydrogens (tertiary/aromatic N) is 1. The number of amides is 1. The van der Waals surface area contributed by atoms with Crippen LogP contribution in [0.5, 0.6) is 0 Å². The molecule has 3 rings (SSSR count). The van der Waals surface area contributed by atoms with Crippen molar-refractivity contribution in [1.29, 1.82) is 0 Å². The predicted octanol–water partition coefficient (Wildman–Crippen LogP) is 1.70. The molecule has 0 aliphatic carbocycles. The second kappa shape index (κ2) is 5.40. The van der Waals surface area contributed by atoms with E-state index in [-0.39, 0.29) is 18.2 Å². The molecule has 21 heavy (non-hydrogen) atoms. The summed E-state index contributed by atoms with van der Waals surface area (Å²) < 4.78 is 34.6. The van der Waals surface area contributed by atoms with E-state index in [9.17, 15) is 13.2 Å². The molecule has 0 unspecified atom stereocenters. The second-order valence-electron chi connectivity index (χ2n) is 5.06. The van der Waals surface area contributed by atoms with E-state index in [0.717, 1.165) is 0 Å². The van der Waals surface area contributed by atoms with Crippen LogP contribution in [0.4, 0.5) is 0 Å².